The number of nitrogens with one attached hydrogen (secondary N) is 2. The maximum Gasteiger partial charge on any atom is 0.321 e. The highest BCUT2D eigenvalue weighted by Gasteiger charge is 2.26. The largest absolute Gasteiger partial charge is 0.324 e. The fourth-order valence-corrected chi connectivity index (χ4v) is 4.45. The summed E-state index contributed by atoms with van der Waals surface area (Å²) in [6.45, 7) is 2.81. The van der Waals surface area contributed by atoms with Crippen molar-refractivity contribution in [3.8, 4) is 5.82 Å². The van der Waals surface area contributed by atoms with E-state index in [1.165, 1.54) is 0 Å². The van der Waals surface area contributed by atoms with Gasteiger partial charge in [-0.25, -0.2) is 27.6 Å². The Kier molecular flexibility index (Phi) is 6.07. The van der Waals surface area contributed by atoms with Crippen LogP contribution in [0.5, 0.6) is 0 Å². The van der Waals surface area contributed by atoms with Crippen LogP contribution >= 0.6 is 0 Å². The van der Waals surface area contributed by atoms with Crippen molar-refractivity contribution in [2.24, 2.45) is 0 Å². The van der Waals surface area contributed by atoms with Gasteiger partial charge in [0.2, 0.25) is 10.0 Å². The van der Waals surface area contributed by atoms with E-state index in [1.807, 2.05) is 6.92 Å². The first kappa shape index (κ1) is 19.3. The Morgan fingerprint density at radius 3 is 2.70 bits per heavy atom. The molecule has 0 bridgehead atoms. The maximum atomic E-state index is 12.6. The zero-order chi connectivity index (χ0) is 19.3. The van der Waals surface area contributed by atoms with Crippen LogP contribution in [0, 0.1) is 0 Å². The van der Waals surface area contributed by atoms with Crippen LogP contribution in [0.4, 0.5) is 10.5 Å². The molecule has 0 aliphatic carbocycles. The molecule has 0 unspecified atom stereocenters. The van der Waals surface area contributed by atoms with E-state index in [2.05, 4.69) is 20.1 Å². The zero-order valence-corrected chi connectivity index (χ0v) is 16.0. The van der Waals surface area contributed by atoms with Gasteiger partial charge in [-0.05, 0) is 37.5 Å². The first-order valence-corrected chi connectivity index (χ1v) is 10.6. The molecule has 2 N–H and O–H groups in total. The molecule has 1 aliphatic rings. The van der Waals surface area contributed by atoms with Crippen molar-refractivity contribution in [1.29, 1.82) is 0 Å². The minimum Gasteiger partial charge on any atom is -0.324 e. The lowest BCUT2D eigenvalue weighted by Gasteiger charge is -2.32. The van der Waals surface area contributed by atoms with Crippen molar-refractivity contribution in [2.75, 3.05) is 24.2 Å². The van der Waals surface area contributed by atoms with Crippen molar-refractivity contribution < 1.29 is 13.2 Å². The average Bonchev–Trinajstić information content (AvgIpc) is 3.17. The first-order chi connectivity index (χ1) is 13.0. The number of hydrogen-bond donors (Lipinski definition) is 2. The Morgan fingerprint density at radius 1 is 1.26 bits per heavy atom. The van der Waals surface area contributed by atoms with Gasteiger partial charge in [-0.2, -0.15) is 5.10 Å². The van der Waals surface area contributed by atoms with Gasteiger partial charge < -0.3 is 10.2 Å². The number of rotatable bonds is 6. The lowest BCUT2D eigenvalue weighted by atomic mass is 10.1. The van der Waals surface area contributed by atoms with E-state index in [-0.39, 0.29) is 17.8 Å². The fraction of sp³-hybridized carbons (Fsp3) is 0.471. The Labute approximate surface area is 158 Å². The molecule has 10 heteroatoms. The highest BCUT2D eigenvalue weighted by atomic mass is 32.2. The molecule has 0 aromatic carbocycles. The summed E-state index contributed by atoms with van der Waals surface area (Å²) in [5.41, 5.74) is 0.567. The third-order valence-corrected chi connectivity index (χ3v) is 5.99. The molecular weight excluding hydrogens is 368 g/mol. The highest BCUT2D eigenvalue weighted by molar-refractivity contribution is 7.89. The standard InChI is InChI=1S/C17H24N6O3S/c1-2-13-27(25,26)21-14-6-11-22(12-7-14)17(24)20-15-5-3-8-18-16(15)23-10-4-9-19-23/h3-5,8-10,14,21H,2,6-7,11-13H2,1H3,(H,20,24). The lowest BCUT2D eigenvalue weighted by molar-refractivity contribution is 0.193. The van der Waals surface area contributed by atoms with Gasteiger partial charge >= 0.3 is 6.03 Å². The number of hydrogen-bond acceptors (Lipinski definition) is 5. The molecule has 0 saturated carbocycles. The van der Waals surface area contributed by atoms with Crippen LogP contribution in [0.1, 0.15) is 26.2 Å². The zero-order valence-electron chi connectivity index (χ0n) is 15.2. The number of sulfonamides is 1. The number of pyridine rings is 1. The van der Waals surface area contributed by atoms with E-state index in [1.54, 1.807) is 46.4 Å². The smallest absolute Gasteiger partial charge is 0.321 e. The van der Waals surface area contributed by atoms with E-state index in [0.717, 1.165) is 0 Å². The van der Waals surface area contributed by atoms with E-state index >= 15 is 0 Å². The van der Waals surface area contributed by atoms with Crippen molar-refractivity contribution in [3.05, 3.63) is 36.8 Å². The second-order valence-corrected chi connectivity index (χ2v) is 8.33. The van der Waals surface area contributed by atoms with Gasteiger partial charge in [0.05, 0.1) is 11.4 Å². The number of aromatic nitrogens is 3. The fourth-order valence-electron chi connectivity index (χ4n) is 3.05. The Hall–Kier alpha value is -2.46. The molecule has 27 heavy (non-hydrogen) atoms. The predicted octanol–water partition coefficient (Wildman–Crippen LogP) is 1.59. The van der Waals surface area contributed by atoms with E-state index < -0.39 is 10.0 Å². The molecule has 2 amide bonds. The van der Waals surface area contributed by atoms with E-state index in [0.29, 0.717) is 43.9 Å². The molecule has 0 atom stereocenters. The third kappa shape index (κ3) is 5.04. The highest BCUT2D eigenvalue weighted by Crippen LogP contribution is 2.18. The summed E-state index contributed by atoms with van der Waals surface area (Å²) in [6, 6.07) is 4.95. The molecule has 0 spiro atoms. The Balaban J connectivity index is 1.58. The molecular formula is C17H24N6O3S. The van der Waals surface area contributed by atoms with Crippen molar-refractivity contribution in [1.82, 2.24) is 24.4 Å². The summed E-state index contributed by atoms with van der Waals surface area (Å²) in [6.07, 6.45) is 6.81. The summed E-state index contributed by atoms with van der Waals surface area (Å²) in [5.74, 6) is 0.670. The van der Waals surface area contributed by atoms with Crippen LogP contribution in [-0.2, 0) is 10.0 Å². The number of nitrogens with zero attached hydrogens (tertiary/aromatic N) is 4. The van der Waals surface area contributed by atoms with E-state index in [9.17, 15) is 13.2 Å². The molecule has 1 fully saturated rings. The summed E-state index contributed by atoms with van der Waals surface area (Å²) < 4.78 is 28.1. The monoisotopic (exact) mass is 392 g/mol. The number of amides is 2. The second-order valence-electron chi connectivity index (χ2n) is 6.45. The molecule has 146 valence electrons. The van der Waals surface area contributed by atoms with Gasteiger partial charge in [-0.3, -0.25) is 0 Å². The SMILES string of the molecule is CCCS(=O)(=O)NC1CCN(C(=O)Nc2cccnc2-n2cccn2)CC1. The molecule has 3 heterocycles. The van der Waals surface area contributed by atoms with Gasteiger partial charge in [0.25, 0.3) is 0 Å². The number of carbonyl (C=O) groups excluding carboxylic acids is 1. The number of likely N-dealkylation sites (tertiary alicyclic amines) is 1. The third-order valence-electron chi connectivity index (χ3n) is 4.35. The summed E-state index contributed by atoms with van der Waals surface area (Å²) >= 11 is 0. The first-order valence-electron chi connectivity index (χ1n) is 8.99. The maximum absolute atomic E-state index is 12.6. The number of urea groups is 1. The topological polar surface area (TPSA) is 109 Å². The molecule has 2 aromatic heterocycles. The minimum atomic E-state index is -3.24. The van der Waals surface area contributed by atoms with Crippen molar-refractivity contribution in [3.63, 3.8) is 0 Å². The van der Waals surface area contributed by atoms with Gasteiger partial charge in [0.1, 0.15) is 0 Å². The van der Waals surface area contributed by atoms with Crippen LogP contribution in [0.2, 0.25) is 0 Å². The Morgan fingerprint density at radius 2 is 2.04 bits per heavy atom. The Bertz CT molecular complexity index is 861. The van der Waals surface area contributed by atoms with Gasteiger partial charge in [0, 0.05) is 37.7 Å². The van der Waals surface area contributed by atoms with Crippen LogP contribution < -0.4 is 10.0 Å². The van der Waals surface area contributed by atoms with Crippen LogP contribution in [0.3, 0.4) is 0 Å². The molecule has 1 aliphatic heterocycles. The molecule has 3 rings (SSSR count). The van der Waals surface area contributed by atoms with Gasteiger partial charge in [-0.1, -0.05) is 6.92 Å². The number of carbonyl (C=O) groups is 1. The van der Waals surface area contributed by atoms with Crippen LogP contribution in [-0.4, -0.2) is 59.0 Å². The van der Waals surface area contributed by atoms with Crippen molar-refractivity contribution in [2.45, 2.75) is 32.2 Å². The normalized spacial score (nSPS) is 15.7. The minimum absolute atomic E-state index is 0.122. The quantitative estimate of drug-likeness (QED) is 0.776. The second kappa shape index (κ2) is 8.49. The molecule has 2 aromatic rings. The van der Waals surface area contributed by atoms with Crippen LogP contribution in [0.25, 0.3) is 5.82 Å². The van der Waals surface area contributed by atoms with Gasteiger partial charge in [-0.15, -0.1) is 0 Å². The number of anilines is 1. The summed E-state index contributed by atoms with van der Waals surface area (Å²) in [5, 5.41) is 7.03. The lowest BCUT2D eigenvalue weighted by Crippen LogP contribution is -2.48. The molecule has 9 nitrogen and oxygen atoms in total. The number of piperidine rings is 1. The van der Waals surface area contributed by atoms with Crippen molar-refractivity contribution >= 4 is 21.7 Å². The predicted molar refractivity (Wildman–Crippen MR) is 102 cm³/mol. The summed E-state index contributed by atoms with van der Waals surface area (Å²) in [4.78, 5) is 18.6. The van der Waals surface area contributed by atoms with Gasteiger partial charge in [0.15, 0.2) is 5.82 Å². The molecule has 1 saturated heterocycles. The average molecular weight is 392 g/mol. The summed E-state index contributed by atoms with van der Waals surface area (Å²) in [7, 11) is -3.24. The van der Waals surface area contributed by atoms with E-state index in [4.69, 9.17) is 0 Å². The molecule has 0 radical (unpaired) electrons. The van der Waals surface area contributed by atoms with Crippen LogP contribution in [0.15, 0.2) is 36.8 Å².